The van der Waals surface area contributed by atoms with E-state index >= 15 is 0 Å². The van der Waals surface area contributed by atoms with Gasteiger partial charge in [0, 0.05) is 25.5 Å². The Morgan fingerprint density at radius 1 is 1.59 bits per heavy atom. The molecule has 1 aliphatic rings. The zero-order valence-electron chi connectivity index (χ0n) is 9.76. The Morgan fingerprint density at radius 3 is 3.29 bits per heavy atom. The van der Waals surface area contributed by atoms with Crippen molar-refractivity contribution in [3.63, 3.8) is 0 Å². The number of primary amides is 1. The van der Waals surface area contributed by atoms with Crippen LogP contribution in [0.25, 0.3) is 0 Å². The highest BCUT2D eigenvalue weighted by atomic mass is 16.5. The number of carbonyl (C=O) groups excluding carboxylic acids is 1. The van der Waals surface area contributed by atoms with Gasteiger partial charge in [0.05, 0.1) is 11.9 Å². The third-order valence-electron chi connectivity index (χ3n) is 2.77. The number of hydrogen-bond donors (Lipinski definition) is 2. The molecular formula is C11H18N4O2. The second kappa shape index (κ2) is 5.67. The number of nitrogens with one attached hydrogen (secondary N) is 1. The molecular weight excluding hydrogens is 220 g/mol. The molecule has 1 saturated heterocycles. The van der Waals surface area contributed by atoms with E-state index in [1.807, 2.05) is 0 Å². The van der Waals surface area contributed by atoms with Gasteiger partial charge >= 0.3 is 0 Å². The molecule has 1 aromatic heterocycles. The Labute approximate surface area is 100 Å². The first-order chi connectivity index (χ1) is 8.24. The fourth-order valence-electron chi connectivity index (χ4n) is 1.97. The van der Waals surface area contributed by atoms with Crippen molar-refractivity contribution in [1.29, 1.82) is 0 Å². The summed E-state index contributed by atoms with van der Waals surface area (Å²) in [4.78, 5) is 10.7. The molecule has 0 bridgehead atoms. The van der Waals surface area contributed by atoms with Crippen LogP contribution < -0.4 is 11.1 Å². The van der Waals surface area contributed by atoms with Crippen LogP contribution in [0.2, 0.25) is 0 Å². The first-order valence-corrected chi connectivity index (χ1v) is 5.89. The van der Waals surface area contributed by atoms with Crippen LogP contribution in [0.15, 0.2) is 12.4 Å². The fourth-order valence-corrected chi connectivity index (χ4v) is 1.97. The van der Waals surface area contributed by atoms with E-state index in [-0.39, 0.29) is 12.5 Å². The van der Waals surface area contributed by atoms with Gasteiger partial charge in [-0.2, -0.15) is 5.10 Å². The van der Waals surface area contributed by atoms with E-state index in [9.17, 15) is 4.79 Å². The summed E-state index contributed by atoms with van der Waals surface area (Å²) in [5.74, 6) is -0.387. The maximum Gasteiger partial charge on any atom is 0.239 e. The molecule has 1 aromatic rings. The Kier molecular flexibility index (Phi) is 3.98. The van der Waals surface area contributed by atoms with Crippen molar-refractivity contribution in [2.45, 2.75) is 31.8 Å². The van der Waals surface area contributed by atoms with Crippen molar-refractivity contribution in [1.82, 2.24) is 9.78 Å². The average Bonchev–Trinajstić information content (AvgIpc) is 2.54. The summed E-state index contributed by atoms with van der Waals surface area (Å²) < 4.78 is 6.94. The van der Waals surface area contributed by atoms with Gasteiger partial charge in [0.25, 0.3) is 0 Å². The van der Waals surface area contributed by atoms with Crippen molar-refractivity contribution in [2.24, 2.45) is 5.73 Å². The van der Waals surface area contributed by atoms with Gasteiger partial charge in [-0.25, -0.2) is 0 Å². The summed E-state index contributed by atoms with van der Waals surface area (Å²) in [6.45, 7) is 1.77. The van der Waals surface area contributed by atoms with Gasteiger partial charge in [-0.3, -0.25) is 9.48 Å². The van der Waals surface area contributed by atoms with Crippen molar-refractivity contribution in [3.8, 4) is 0 Å². The minimum Gasteiger partial charge on any atom is -0.381 e. The van der Waals surface area contributed by atoms with Crippen LogP contribution in [0.4, 0.5) is 5.69 Å². The average molecular weight is 238 g/mol. The molecule has 6 heteroatoms. The van der Waals surface area contributed by atoms with Crippen molar-refractivity contribution in [3.05, 3.63) is 12.4 Å². The van der Waals surface area contributed by atoms with E-state index in [0.717, 1.165) is 38.2 Å². The van der Waals surface area contributed by atoms with Crippen LogP contribution in [0.5, 0.6) is 0 Å². The van der Waals surface area contributed by atoms with Gasteiger partial charge in [0.1, 0.15) is 6.54 Å². The molecule has 6 nitrogen and oxygen atoms in total. The van der Waals surface area contributed by atoms with E-state index in [1.165, 1.54) is 4.68 Å². The van der Waals surface area contributed by atoms with Crippen LogP contribution >= 0.6 is 0 Å². The molecule has 94 valence electrons. The number of amides is 1. The molecule has 1 unspecified atom stereocenters. The Morgan fingerprint density at radius 2 is 2.47 bits per heavy atom. The highest BCUT2D eigenvalue weighted by molar-refractivity contribution is 5.73. The van der Waals surface area contributed by atoms with Gasteiger partial charge in [-0.15, -0.1) is 0 Å². The second-order valence-corrected chi connectivity index (χ2v) is 4.28. The lowest BCUT2D eigenvalue weighted by Gasteiger charge is -2.14. The molecule has 1 aliphatic heterocycles. The number of aromatic nitrogens is 2. The Hall–Kier alpha value is -1.56. The molecule has 0 spiro atoms. The predicted octanol–water partition coefficient (Wildman–Crippen LogP) is 0.349. The molecule has 0 radical (unpaired) electrons. The van der Waals surface area contributed by atoms with E-state index in [1.54, 1.807) is 12.4 Å². The quantitative estimate of drug-likeness (QED) is 0.793. The maximum atomic E-state index is 10.7. The van der Waals surface area contributed by atoms with Crippen LogP contribution in [0.1, 0.15) is 19.3 Å². The number of carbonyl (C=O) groups is 1. The maximum absolute atomic E-state index is 10.7. The van der Waals surface area contributed by atoms with Gasteiger partial charge < -0.3 is 15.8 Å². The molecule has 17 heavy (non-hydrogen) atoms. The highest BCUT2D eigenvalue weighted by Gasteiger charge is 2.12. The lowest BCUT2D eigenvalue weighted by Crippen LogP contribution is -2.20. The molecule has 0 aliphatic carbocycles. The van der Waals surface area contributed by atoms with Crippen molar-refractivity contribution < 1.29 is 9.53 Å². The third-order valence-corrected chi connectivity index (χ3v) is 2.77. The first kappa shape index (κ1) is 11.9. The van der Waals surface area contributed by atoms with Gasteiger partial charge in [-0.05, 0) is 19.3 Å². The summed E-state index contributed by atoms with van der Waals surface area (Å²) in [6, 6.07) is 0.420. The van der Waals surface area contributed by atoms with Crippen molar-refractivity contribution in [2.75, 3.05) is 18.5 Å². The Balaban J connectivity index is 1.89. The highest BCUT2D eigenvalue weighted by Crippen LogP contribution is 2.14. The minimum absolute atomic E-state index is 0.120. The van der Waals surface area contributed by atoms with E-state index < -0.39 is 0 Å². The van der Waals surface area contributed by atoms with E-state index in [0.29, 0.717) is 6.04 Å². The zero-order valence-corrected chi connectivity index (χ0v) is 9.76. The van der Waals surface area contributed by atoms with Gasteiger partial charge in [0.15, 0.2) is 0 Å². The van der Waals surface area contributed by atoms with Gasteiger partial charge in [0.2, 0.25) is 5.91 Å². The lowest BCUT2D eigenvalue weighted by molar-refractivity contribution is -0.118. The summed E-state index contributed by atoms with van der Waals surface area (Å²) >= 11 is 0. The molecule has 0 aromatic carbocycles. The normalized spacial score (nSPS) is 20.8. The first-order valence-electron chi connectivity index (χ1n) is 5.89. The van der Waals surface area contributed by atoms with Crippen LogP contribution in [-0.4, -0.2) is 34.9 Å². The fraction of sp³-hybridized carbons (Fsp3) is 0.636. The number of anilines is 1. The van der Waals surface area contributed by atoms with Gasteiger partial charge in [-0.1, -0.05) is 0 Å². The molecule has 3 N–H and O–H groups in total. The second-order valence-electron chi connectivity index (χ2n) is 4.28. The molecule has 1 fully saturated rings. The van der Waals surface area contributed by atoms with E-state index in [4.69, 9.17) is 10.5 Å². The smallest absolute Gasteiger partial charge is 0.239 e. The third kappa shape index (κ3) is 3.74. The molecule has 1 atom stereocenters. The minimum atomic E-state index is -0.387. The van der Waals surface area contributed by atoms with Crippen LogP contribution in [-0.2, 0) is 16.1 Å². The molecule has 1 amide bonds. The van der Waals surface area contributed by atoms with Crippen LogP contribution in [0.3, 0.4) is 0 Å². The summed E-state index contributed by atoms with van der Waals surface area (Å²) in [6.07, 6.45) is 6.69. The summed E-state index contributed by atoms with van der Waals surface area (Å²) in [7, 11) is 0. The van der Waals surface area contributed by atoms with Crippen molar-refractivity contribution >= 4 is 11.6 Å². The number of hydrogen-bond acceptors (Lipinski definition) is 4. The molecule has 2 heterocycles. The number of nitrogens with two attached hydrogens (primary N) is 1. The summed E-state index contributed by atoms with van der Waals surface area (Å²) in [5.41, 5.74) is 6.03. The topological polar surface area (TPSA) is 82.2 Å². The zero-order chi connectivity index (χ0) is 12.1. The largest absolute Gasteiger partial charge is 0.381 e. The number of nitrogens with zero attached hydrogens (tertiary/aromatic N) is 2. The number of rotatable bonds is 4. The molecule has 0 saturated carbocycles. The van der Waals surface area contributed by atoms with E-state index in [2.05, 4.69) is 10.4 Å². The molecule has 2 rings (SSSR count). The lowest BCUT2D eigenvalue weighted by atomic mass is 10.1. The Bertz CT molecular complexity index is 369. The number of ether oxygens (including phenoxy) is 1. The standard InChI is InChI=1S/C11H18N4O2/c12-11(16)8-15-7-10(6-13-15)14-9-2-1-4-17-5-3-9/h6-7,9,14H,1-5,8H2,(H2,12,16). The SMILES string of the molecule is NC(=O)Cn1cc(NC2CCCOCC2)cn1. The van der Waals surface area contributed by atoms with Crippen LogP contribution in [0, 0.1) is 0 Å². The predicted molar refractivity (Wildman–Crippen MR) is 63.5 cm³/mol. The monoisotopic (exact) mass is 238 g/mol. The summed E-state index contributed by atoms with van der Waals surface area (Å²) in [5, 5.41) is 7.47.